The number of carbonyl (C=O) groups is 1. The van der Waals surface area contributed by atoms with Crippen molar-refractivity contribution in [2.75, 3.05) is 31.2 Å². The van der Waals surface area contributed by atoms with E-state index < -0.39 is 6.09 Å². The minimum Gasteiger partial charge on any atom is -0.507 e. The van der Waals surface area contributed by atoms with Crippen LogP contribution in [0.1, 0.15) is 18.4 Å². The Hall–Kier alpha value is -3.52. The van der Waals surface area contributed by atoms with Gasteiger partial charge in [-0.2, -0.15) is 4.99 Å². The largest absolute Gasteiger partial charge is 0.507 e. The predicted octanol–water partition coefficient (Wildman–Crippen LogP) is 3.89. The molecule has 0 spiro atoms. The summed E-state index contributed by atoms with van der Waals surface area (Å²) in [5.41, 5.74) is 3.23. The molecule has 8 nitrogen and oxygen atoms in total. The number of fused-ring (bicyclic) bond motifs is 1. The van der Waals surface area contributed by atoms with Crippen LogP contribution >= 0.6 is 0 Å². The number of hydrogen-bond donors (Lipinski definition) is 1. The van der Waals surface area contributed by atoms with Crippen molar-refractivity contribution in [3.05, 3.63) is 48.0 Å². The highest BCUT2D eigenvalue weighted by Gasteiger charge is 2.25. The topological polar surface area (TPSA) is 97.1 Å². The van der Waals surface area contributed by atoms with E-state index in [0.29, 0.717) is 50.5 Å². The molecule has 5 rings (SSSR count). The molecule has 2 saturated heterocycles. The zero-order chi connectivity index (χ0) is 22.1. The van der Waals surface area contributed by atoms with E-state index in [-0.39, 0.29) is 11.9 Å². The molecule has 0 saturated carbocycles. The molecular weight excluding hydrogens is 408 g/mol. The van der Waals surface area contributed by atoms with Gasteiger partial charge in [0.05, 0.1) is 30.8 Å². The van der Waals surface area contributed by atoms with E-state index >= 15 is 0 Å². The summed E-state index contributed by atoms with van der Waals surface area (Å²) in [5.74, 6) is 1.35. The quantitative estimate of drug-likeness (QED) is 0.671. The molecule has 1 N–H and O–H groups in total. The molecule has 32 heavy (non-hydrogen) atoms. The molecule has 2 fully saturated rings. The summed E-state index contributed by atoms with van der Waals surface area (Å²) in [7, 11) is 0. The van der Waals surface area contributed by atoms with Gasteiger partial charge in [0, 0.05) is 30.5 Å². The van der Waals surface area contributed by atoms with Gasteiger partial charge in [0.2, 0.25) is 0 Å². The van der Waals surface area contributed by atoms with Gasteiger partial charge in [-0.1, -0.05) is 18.2 Å². The molecule has 2 aromatic carbocycles. The summed E-state index contributed by atoms with van der Waals surface area (Å²) in [6.45, 7) is 4.23. The summed E-state index contributed by atoms with van der Waals surface area (Å²) in [6.07, 6.45) is 0.596. The first-order valence-corrected chi connectivity index (χ1v) is 10.7. The molecule has 8 heteroatoms. The highest BCUT2D eigenvalue weighted by Crippen LogP contribution is 2.33. The zero-order valence-corrected chi connectivity index (χ0v) is 17.8. The van der Waals surface area contributed by atoms with E-state index in [0.717, 1.165) is 28.0 Å². The van der Waals surface area contributed by atoms with Gasteiger partial charge >= 0.3 is 6.09 Å². The highest BCUT2D eigenvalue weighted by molar-refractivity contribution is 6.01. The number of amides is 1. The van der Waals surface area contributed by atoms with Crippen LogP contribution in [0.15, 0.2) is 47.5 Å². The molecule has 0 bridgehead atoms. The number of aromatic hydroxyl groups is 1. The van der Waals surface area contributed by atoms with Crippen molar-refractivity contribution in [1.29, 1.82) is 0 Å². The smallest absolute Gasteiger partial charge is 0.433 e. The van der Waals surface area contributed by atoms with Crippen LogP contribution in [-0.4, -0.2) is 59.3 Å². The Morgan fingerprint density at radius 3 is 2.94 bits per heavy atom. The van der Waals surface area contributed by atoms with Gasteiger partial charge in [-0.3, -0.25) is 0 Å². The number of carbonyl (C=O) groups excluding carboxylic acids is 1. The molecule has 1 aromatic heterocycles. The van der Waals surface area contributed by atoms with Crippen molar-refractivity contribution in [2.24, 2.45) is 4.99 Å². The second kappa shape index (κ2) is 8.55. The number of rotatable bonds is 3. The summed E-state index contributed by atoms with van der Waals surface area (Å²) in [4.78, 5) is 28.0. The van der Waals surface area contributed by atoms with Crippen LogP contribution in [0, 0.1) is 6.92 Å². The minimum atomic E-state index is -0.560. The van der Waals surface area contributed by atoms with E-state index in [2.05, 4.69) is 9.89 Å². The Morgan fingerprint density at radius 2 is 2.12 bits per heavy atom. The summed E-state index contributed by atoms with van der Waals surface area (Å²) in [6, 6.07) is 13.1. The van der Waals surface area contributed by atoms with E-state index in [1.54, 1.807) is 18.2 Å². The Kier molecular flexibility index (Phi) is 5.45. The van der Waals surface area contributed by atoms with Crippen LogP contribution in [0.4, 0.5) is 10.6 Å². The third kappa shape index (κ3) is 4.13. The molecule has 164 valence electrons. The number of aromatic nitrogens is 2. The van der Waals surface area contributed by atoms with Gasteiger partial charge < -0.3 is 19.5 Å². The average molecular weight is 432 g/mol. The standard InChI is InChI=1S/C24H24N4O4/c1-15-6-7-18-20(12-15)26-22(19-4-2-3-5-21(19)29)27-23(18)28-10-8-16(13-28)25-24(30)32-17-9-11-31-14-17/h2-7,12,17,29H,8-11,13-14H2,1H3/b25-16-/t17-/m0/s1. The second-order valence-electron chi connectivity index (χ2n) is 8.13. The Balaban J connectivity index is 1.46. The van der Waals surface area contributed by atoms with Crippen LogP contribution in [-0.2, 0) is 9.47 Å². The first-order chi connectivity index (χ1) is 15.6. The SMILES string of the molecule is Cc1ccc2c(N3CC/C(=N/C(=O)O[C@H]4CCOC4)C3)nc(-c3ccccc3O)nc2c1. The molecule has 2 aliphatic rings. The average Bonchev–Trinajstić information content (AvgIpc) is 3.45. The minimum absolute atomic E-state index is 0.132. The lowest BCUT2D eigenvalue weighted by Crippen LogP contribution is -2.22. The number of phenolic OH excluding ortho intramolecular Hbond substituents is 1. The molecule has 0 unspecified atom stereocenters. The number of aliphatic imine (C=N–C) groups is 1. The molecule has 3 heterocycles. The fraction of sp³-hybridized carbons (Fsp3) is 0.333. The maximum atomic E-state index is 12.2. The number of nitrogens with zero attached hydrogens (tertiary/aromatic N) is 4. The number of hydrogen-bond acceptors (Lipinski definition) is 7. The molecule has 0 radical (unpaired) electrons. The third-order valence-electron chi connectivity index (χ3n) is 5.73. The lowest BCUT2D eigenvalue weighted by atomic mass is 10.1. The summed E-state index contributed by atoms with van der Waals surface area (Å²) in [5, 5.41) is 11.3. The van der Waals surface area contributed by atoms with E-state index in [1.165, 1.54) is 0 Å². The highest BCUT2D eigenvalue weighted by atomic mass is 16.6. The van der Waals surface area contributed by atoms with Crippen LogP contribution in [0.25, 0.3) is 22.3 Å². The number of anilines is 1. The molecule has 1 atom stereocenters. The lowest BCUT2D eigenvalue weighted by molar-refractivity contribution is 0.0903. The Bertz CT molecular complexity index is 1200. The van der Waals surface area contributed by atoms with Crippen molar-refractivity contribution in [1.82, 2.24) is 9.97 Å². The van der Waals surface area contributed by atoms with Gasteiger partial charge in [0.25, 0.3) is 0 Å². The van der Waals surface area contributed by atoms with Gasteiger partial charge in [-0.15, -0.1) is 0 Å². The first kappa shape index (κ1) is 20.4. The number of para-hydroxylation sites is 1. The summed E-state index contributed by atoms with van der Waals surface area (Å²) >= 11 is 0. The fourth-order valence-electron chi connectivity index (χ4n) is 4.07. The van der Waals surface area contributed by atoms with E-state index in [1.807, 2.05) is 31.2 Å². The van der Waals surface area contributed by atoms with E-state index in [9.17, 15) is 9.90 Å². The summed E-state index contributed by atoms with van der Waals surface area (Å²) < 4.78 is 10.6. The van der Waals surface area contributed by atoms with Crippen LogP contribution in [0.5, 0.6) is 5.75 Å². The maximum absolute atomic E-state index is 12.2. The van der Waals surface area contributed by atoms with Gasteiger partial charge in [0.1, 0.15) is 17.7 Å². The Labute approximate surface area is 185 Å². The van der Waals surface area contributed by atoms with Crippen LogP contribution in [0.3, 0.4) is 0 Å². The predicted molar refractivity (Wildman–Crippen MR) is 121 cm³/mol. The van der Waals surface area contributed by atoms with E-state index in [4.69, 9.17) is 19.4 Å². The van der Waals surface area contributed by atoms with Crippen molar-refractivity contribution < 1.29 is 19.4 Å². The van der Waals surface area contributed by atoms with Crippen molar-refractivity contribution in [3.63, 3.8) is 0 Å². The molecular formula is C24H24N4O4. The monoisotopic (exact) mass is 432 g/mol. The van der Waals surface area contributed by atoms with Crippen molar-refractivity contribution in [2.45, 2.75) is 25.9 Å². The second-order valence-corrected chi connectivity index (χ2v) is 8.13. The van der Waals surface area contributed by atoms with Crippen molar-refractivity contribution >= 4 is 28.5 Å². The van der Waals surface area contributed by atoms with Gasteiger partial charge in [-0.25, -0.2) is 14.8 Å². The first-order valence-electron chi connectivity index (χ1n) is 10.7. The van der Waals surface area contributed by atoms with Gasteiger partial charge in [0.15, 0.2) is 5.82 Å². The van der Waals surface area contributed by atoms with Crippen LogP contribution < -0.4 is 4.90 Å². The molecule has 1 amide bonds. The molecule has 0 aliphatic carbocycles. The molecule has 2 aliphatic heterocycles. The lowest BCUT2D eigenvalue weighted by Gasteiger charge is -2.19. The van der Waals surface area contributed by atoms with Gasteiger partial charge in [-0.05, 0) is 36.8 Å². The molecule has 3 aromatic rings. The number of ether oxygens (including phenoxy) is 2. The van der Waals surface area contributed by atoms with Crippen molar-refractivity contribution in [3.8, 4) is 17.1 Å². The number of aryl methyl sites for hydroxylation is 1. The fourth-order valence-corrected chi connectivity index (χ4v) is 4.07. The number of phenols is 1. The number of benzene rings is 2. The zero-order valence-electron chi connectivity index (χ0n) is 17.8. The Morgan fingerprint density at radius 1 is 1.25 bits per heavy atom. The normalized spacial score (nSPS) is 19.7. The van der Waals surface area contributed by atoms with Crippen LogP contribution in [0.2, 0.25) is 0 Å². The maximum Gasteiger partial charge on any atom is 0.433 e. The third-order valence-corrected chi connectivity index (χ3v) is 5.73.